The number of aryl methyl sites for hydroxylation is 1. The Morgan fingerprint density at radius 1 is 0.923 bits per heavy atom. The summed E-state index contributed by atoms with van der Waals surface area (Å²) in [5, 5.41) is 0. The van der Waals surface area contributed by atoms with E-state index in [1.54, 1.807) is 0 Å². The molecule has 2 fully saturated rings. The number of benzene rings is 2. The predicted octanol–water partition coefficient (Wildman–Crippen LogP) is 3.27. The van der Waals surface area contributed by atoms with E-state index in [0.29, 0.717) is 6.04 Å². The highest BCUT2D eigenvalue weighted by atomic mass is 16.2. The zero-order chi connectivity index (χ0) is 17.5. The van der Waals surface area contributed by atoms with Gasteiger partial charge in [0.2, 0.25) is 5.91 Å². The van der Waals surface area contributed by atoms with Gasteiger partial charge in [-0.3, -0.25) is 4.79 Å². The van der Waals surface area contributed by atoms with Crippen LogP contribution in [0.2, 0.25) is 0 Å². The fourth-order valence-electron chi connectivity index (χ4n) is 4.57. The first-order chi connectivity index (χ1) is 12.8. The molecule has 4 nitrogen and oxygen atoms in total. The lowest BCUT2D eigenvalue weighted by Crippen LogP contribution is -2.47. The summed E-state index contributed by atoms with van der Waals surface area (Å²) >= 11 is 0. The molecule has 0 aromatic heterocycles. The molecule has 3 atom stereocenters. The van der Waals surface area contributed by atoms with Crippen LogP contribution in [0.4, 0.5) is 0 Å². The van der Waals surface area contributed by atoms with E-state index < -0.39 is 0 Å². The number of amides is 1. The van der Waals surface area contributed by atoms with Crippen LogP contribution in [0, 0.1) is 0 Å². The van der Waals surface area contributed by atoms with E-state index in [1.165, 1.54) is 16.7 Å². The van der Waals surface area contributed by atoms with E-state index >= 15 is 0 Å². The van der Waals surface area contributed by atoms with Gasteiger partial charge in [0, 0.05) is 12.1 Å². The first-order valence-electron chi connectivity index (χ1n) is 9.77. The fourth-order valence-corrected chi connectivity index (χ4v) is 4.57. The minimum absolute atomic E-state index is 0.145. The van der Waals surface area contributed by atoms with Crippen molar-refractivity contribution in [2.45, 2.75) is 56.3 Å². The van der Waals surface area contributed by atoms with Crippen LogP contribution in [-0.2, 0) is 11.2 Å². The molecule has 1 heterocycles. The second-order valence-electron chi connectivity index (χ2n) is 7.77. The zero-order valence-corrected chi connectivity index (χ0v) is 14.9. The number of nitrogens with zero attached hydrogens (tertiary/aromatic N) is 1. The van der Waals surface area contributed by atoms with Crippen LogP contribution in [0.15, 0.2) is 54.6 Å². The van der Waals surface area contributed by atoms with Crippen molar-refractivity contribution in [1.82, 2.24) is 15.8 Å². The topological polar surface area (TPSA) is 44.4 Å². The molecular formula is C22H25N3O. The van der Waals surface area contributed by atoms with Gasteiger partial charge in [-0.1, -0.05) is 54.6 Å². The average Bonchev–Trinajstić information content (AvgIpc) is 3.24. The Kier molecular flexibility index (Phi) is 4.03. The summed E-state index contributed by atoms with van der Waals surface area (Å²) in [5.41, 5.74) is 10.6. The molecule has 134 valence electrons. The van der Waals surface area contributed by atoms with Crippen molar-refractivity contribution >= 4 is 5.91 Å². The maximum absolute atomic E-state index is 13.4. The first-order valence-corrected chi connectivity index (χ1v) is 9.77. The summed E-state index contributed by atoms with van der Waals surface area (Å²) in [5.74, 6) is 0.264. The van der Waals surface area contributed by atoms with Crippen molar-refractivity contribution in [3.05, 3.63) is 71.3 Å². The molecule has 5 rings (SSSR count). The molecule has 26 heavy (non-hydrogen) atoms. The molecule has 3 aliphatic rings. The van der Waals surface area contributed by atoms with Crippen molar-refractivity contribution < 1.29 is 4.79 Å². The molecular weight excluding hydrogens is 322 g/mol. The quantitative estimate of drug-likeness (QED) is 0.892. The van der Waals surface area contributed by atoms with Crippen molar-refractivity contribution in [1.29, 1.82) is 0 Å². The lowest BCUT2D eigenvalue weighted by molar-refractivity contribution is -0.136. The third-order valence-electron chi connectivity index (χ3n) is 6.03. The van der Waals surface area contributed by atoms with Gasteiger partial charge in [-0.25, -0.2) is 10.9 Å². The summed E-state index contributed by atoms with van der Waals surface area (Å²) in [7, 11) is 0. The van der Waals surface area contributed by atoms with Gasteiger partial charge in [0.15, 0.2) is 0 Å². The number of hydrogen-bond acceptors (Lipinski definition) is 3. The highest BCUT2D eigenvalue weighted by Crippen LogP contribution is 2.42. The standard InChI is InChI=1S/C22H25N3O/c26-22(20-14-19(23-24-20)16-7-2-1-3-8-16)25(17-11-12-17)21-13-10-15-6-4-5-9-18(15)21/h1-9,17,19-21,23-24H,10-14H2. The van der Waals surface area contributed by atoms with E-state index in [1.807, 2.05) is 6.07 Å². The van der Waals surface area contributed by atoms with Gasteiger partial charge in [-0.05, 0) is 48.8 Å². The lowest BCUT2D eigenvalue weighted by atomic mass is 10.00. The number of hydrogen-bond donors (Lipinski definition) is 2. The normalized spacial score (nSPS) is 27.3. The molecule has 1 amide bonds. The van der Waals surface area contributed by atoms with E-state index in [4.69, 9.17) is 0 Å². The Labute approximate surface area is 154 Å². The number of carbonyl (C=O) groups is 1. The summed E-state index contributed by atoms with van der Waals surface area (Å²) in [6.07, 6.45) is 5.24. The van der Waals surface area contributed by atoms with Crippen molar-refractivity contribution in [2.24, 2.45) is 0 Å². The molecule has 2 aromatic carbocycles. The maximum Gasteiger partial charge on any atom is 0.241 e. The highest BCUT2D eigenvalue weighted by molar-refractivity contribution is 5.83. The highest BCUT2D eigenvalue weighted by Gasteiger charge is 2.44. The first kappa shape index (κ1) is 16.0. The van der Waals surface area contributed by atoms with Crippen LogP contribution in [0.3, 0.4) is 0 Å². The van der Waals surface area contributed by atoms with Crippen LogP contribution in [0.25, 0.3) is 0 Å². The molecule has 1 saturated heterocycles. The number of fused-ring (bicyclic) bond motifs is 1. The smallest absolute Gasteiger partial charge is 0.241 e. The molecule has 2 N–H and O–H groups in total. The molecule has 3 unspecified atom stereocenters. The molecule has 0 spiro atoms. The monoisotopic (exact) mass is 347 g/mol. The Balaban J connectivity index is 1.35. The van der Waals surface area contributed by atoms with E-state index in [2.05, 4.69) is 64.3 Å². The SMILES string of the molecule is O=C(C1CC(c2ccccc2)NN1)N(C1CC1)C1CCc2ccccc21. The van der Waals surface area contributed by atoms with E-state index in [-0.39, 0.29) is 24.0 Å². The summed E-state index contributed by atoms with van der Waals surface area (Å²) in [6.45, 7) is 0. The number of nitrogens with one attached hydrogen (secondary N) is 2. The Bertz CT molecular complexity index is 802. The molecule has 2 aromatic rings. The third-order valence-corrected chi connectivity index (χ3v) is 6.03. The Morgan fingerprint density at radius 3 is 2.50 bits per heavy atom. The average molecular weight is 347 g/mol. The van der Waals surface area contributed by atoms with Gasteiger partial charge in [-0.15, -0.1) is 0 Å². The molecule has 1 aliphatic heterocycles. The van der Waals surface area contributed by atoms with Crippen LogP contribution in [-0.4, -0.2) is 22.9 Å². The number of rotatable bonds is 4. The van der Waals surface area contributed by atoms with Crippen LogP contribution < -0.4 is 10.9 Å². The van der Waals surface area contributed by atoms with Gasteiger partial charge < -0.3 is 4.90 Å². The lowest BCUT2D eigenvalue weighted by Gasteiger charge is -2.32. The minimum atomic E-state index is -0.145. The number of hydrazine groups is 1. The molecule has 0 radical (unpaired) electrons. The predicted molar refractivity (Wildman–Crippen MR) is 101 cm³/mol. The number of carbonyl (C=O) groups excluding carboxylic acids is 1. The van der Waals surface area contributed by atoms with Crippen LogP contribution in [0.1, 0.15) is 54.5 Å². The fraction of sp³-hybridized carbons (Fsp3) is 0.409. The maximum atomic E-state index is 13.4. The largest absolute Gasteiger partial charge is 0.331 e. The van der Waals surface area contributed by atoms with Crippen molar-refractivity contribution in [2.75, 3.05) is 0 Å². The molecule has 4 heteroatoms. The second-order valence-corrected chi connectivity index (χ2v) is 7.77. The van der Waals surface area contributed by atoms with Gasteiger partial charge in [0.05, 0.1) is 6.04 Å². The van der Waals surface area contributed by atoms with Crippen LogP contribution >= 0.6 is 0 Å². The Morgan fingerprint density at radius 2 is 1.69 bits per heavy atom. The summed E-state index contributed by atoms with van der Waals surface area (Å²) < 4.78 is 0. The minimum Gasteiger partial charge on any atom is -0.331 e. The zero-order valence-electron chi connectivity index (χ0n) is 14.9. The van der Waals surface area contributed by atoms with Crippen molar-refractivity contribution in [3.63, 3.8) is 0 Å². The van der Waals surface area contributed by atoms with Gasteiger partial charge >= 0.3 is 0 Å². The summed E-state index contributed by atoms with van der Waals surface area (Å²) in [6, 6.07) is 19.8. The van der Waals surface area contributed by atoms with Gasteiger partial charge in [-0.2, -0.15) is 0 Å². The van der Waals surface area contributed by atoms with E-state index in [0.717, 1.165) is 32.1 Å². The van der Waals surface area contributed by atoms with Gasteiger partial charge in [0.25, 0.3) is 0 Å². The molecule has 0 bridgehead atoms. The van der Waals surface area contributed by atoms with Crippen molar-refractivity contribution in [3.8, 4) is 0 Å². The molecule has 1 saturated carbocycles. The third kappa shape index (κ3) is 2.83. The van der Waals surface area contributed by atoms with Gasteiger partial charge in [0.1, 0.15) is 6.04 Å². The summed E-state index contributed by atoms with van der Waals surface area (Å²) in [4.78, 5) is 15.6. The molecule has 2 aliphatic carbocycles. The Hall–Kier alpha value is -2.17. The van der Waals surface area contributed by atoms with E-state index in [9.17, 15) is 4.79 Å². The second kappa shape index (κ2) is 6.53. The van der Waals surface area contributed by atoms with Crippen LogP contribution in [0.5, 0.6) is 0 Å².